The lowest BCUT2D eigenvalue weighted by molar-refractivity contribution is -0.114. The van der Waals surface area contributed by atoms with E-state index in [1.807, 2.05) is 79.7 Å². The smallest absolute Gasteiger partial charge is 0.265 e. The maximum atomic E-state index is 13.7. The number of thioether (sulfide) groups is 1. The van der Waals surface area contributed by atoms with Crippen LogP contribution in [0, 0.1) is 6.92 Å². The molecule has 2 amide bonds. The van der Waals surface area contributed by atoms with Crippen LogP contribution >= 0.6 is 11.8 Å². The second kappa shape index (κ2) is 11.8. The minimum absolute atomic E-state index is 0.0623. The number of ether oxygens (including phenoxy) is 1. The highest BCUT2D eigenvalue weighted by atomic mass is 32.2. The summed E-state index contributed by atoms with van der Waals surface area (Å²) in [4.78, 5) is 32.4. The summed E-state index contributed by atoms with van der Waals surface area (Å²) in [6.45, 7) is 7.10. The van der Waals surface area contributed by atoms with Crippen molar-refractivity contribution in [2.24, 2.45) is 0 Å². The van der Waals surface area contributed by atoms with Gasteiger partial charge in [0.25, 0.3) is 11.8 Å². The van der Waals surface area contributed by atoms with Crippen LogP contribution in [0.3, 0.4) is 0 Å². The summed E-state index contributed by atoms with van der Waals surface area (Å²) in [6, 6.07) is 23.7. The number of hydrogen-bond donors (Lipinski definition) is 1. The lowest BCUT2D eigenvalue weighted by Crippen LogP contribution is -2.41. The number of fused-ring (bicyclic) bond motifs is 1. The van der Waals surface area contributed by atoms with E-state index in [-0.39, 0.29) is 11.8 Å². The summed E-state index contributed by atoms with van der Waals surface area (Å²) in [5.41, 5.74) is 4.49. The summed E-state index contributed by atoms with van der Waals surface area (Å²) in [7, 11) is 0. The van der Waals surface area contributed by atoms with Crippen LogP contribution in [0.15, 0.2) is 82.6 Å². The maximum Gasteiger partial charge on any atom is 0.265 e. The molecular formula is C30H31N3O3S. The number of aryl methyl sites for hydroxylation is 1. The van der Waals surface area contributed by atoms with Crippen LogP contribution in [0.1, 0.15) is 27.0 Å². The molecule has 0 radical (unpaired) electrons. The minimum Gasteiger partial charge on any atom is -0.379 e. The number of amides is 2. The van der Waals surface area contributed by atoms with E-state index in [0.717, 1.165) is 60.1 Å². The maximum absolute atomic E-state index is 13.7. The molecule has 0 spiro atoms. The Morgan fingerprint density at radius 3 is 2.62 bits per heavy atom. The van der Waals surface area contributed by atoms with Gasteiger partial charge in [-0.05, 0) is 42.3 Å². The van der Waals surface area contributed by atoms with Gasteiger partial charge in [0.05, 0.1) is 30.4 Å². The quantitative estimate of drug-likeness (QED) is 0.463. The first-order chi connectivity index (χ1) is 18.1. The zero-order chi connectivity index (χ0) is 25.6. The molecule has 0 aliphatic carbocycles. The number of morpholine rings is 1. The molecule has 2 heterocycles. The standard InChI is InChI=1S/C30H31N3O3S/c1-22-6-5-9-24(18-22)21-33-26-20-25(29(34)31-12-13-32-14-16-36-17-15-32)10-11-27(26)37-28(30(33)35)19-23-7-3-2-4-8-23/h2-11,18-20H,12-17,21H2,1H3,(H,31,34). The van der Waals surface area contributed by atoms with Crippen LogP contribution in [0.4, 0.5) is 5.69 Å². The fourth-order valence-electron chi connectivity index (χ4n) is 4.56. The third-order valence-electron chi connectivity index (χ3n) is 6.53. The van der Waals surface area contributed by atoms with Gasteiger partial charge in [-0.2, -0.15) is 0 Å². The molecule has 5 rings (SSSR count). The van der Waals surface area contributed by atoms with Gasteiger partial charge in [0.2, 0.25) is 0 Å². The van der Waals surface area contributed by atoms with Crippen LogP contribution in [0.2, 0.25) is 0 Å². The molecule has 1 saturated heterocycles. The average Bonchev–Trinajstić information content (AvgIpc) is 2.92. The van der Waals surface area contributed by atoms with Gasteiger partial charge in [-0.15, -0.1) is 0 Å². The molecule has 0 aromatic heterocycles. The first-order valence-electron chi connectivity index (χ1n) is 12.6. The molecule has 1 N–H and O–H groups in total. The summed E-state index contributed by atoms with van der Waals surface area (Å²) in [6.07, 6.45) is 1.94. The van der Waals surface area contributed by atoms with Crippen molar-refractivity contribution < 1.29 is 14.3 Å². The number of carbonyl (C=O) groups excluding carboxylic acids is 2. The van der Waals surface area contributed by atoms with Crippen molar-refractivity contribution in [1.29, 1.82) is 0 Å². The first kappa shape index (κ1) is 25.3. The van der Waals surface area contributed by atoms with Gasteiger partial charge in [-0.25, -0.2) is 0 Å². The number of hydrogen-bond acceptors (Lipinski definition) is 5. The van der Waals surface area contributed by atoms with Crippen LogP contribution in [0.25, 0.3) is 6.08 Å². The second-order valence-corrected chi connectivity index (χ2v) is 10.4. The number of carbonyl (C=O) groups is 2. The molecule has 6 nitrogen and oxygen atoms in total. The summed E-state index contributed by atoms with van der Waals surface area (Å²) in [5, 5.41) is 3.03. The molecule has 0 unspecified atom stereocenters. The molecule has 2 aliphatic heterocycles. The van der Waals surface area contributed by atoms with E-state index in [2.05, 4.69) is 16.3 Å². The number of anilines is 1. The van der Waals surface area contributed by atoms with E-state index in [9.17, 15) is 9.59 Å². The highest BCUT2D eigenvalue weighted by molar-refractivity contribution is 8.04. The molecule has 2 aliphatic rings. The molecule has 3 aromatic rings. The van der Waals surface area contributed by atoms with E-state index >= 15 is 0 Å². The molecule has 190 valence electrons. The molecule has 0 bridgehead atoms. The zero-order valence-corrected chi connectivity index (χ0v) is 21.8. The molecule has 7 heteroatoms. The van der Waals surface area contributed by atoms with Crippen LogP contribution in [0.5, 0.6) is 0 Å². The van der Waals surface area contributed by atoms with Crippen LogP contribution in [-0.4, -0.2) is 56.1 Å². The second-order valence-electron chi connectivity index (χ2n) is 9.29. The van der Waals surface area contributed by atoms with Gasteiger partial charge in [0.1, 0.15) is 0 Å². The monoisotopic (exact) mass is 513 g/mol. The highest BCUT2D eigenvalue weighted by Gasteiger charge is 2.30. The lowest BCUT2D eigenvalue weighted by atomic mass is 10.1. The van der Waals surface area contributed by atoms with Crippen molar-refractivity contribution in [3.05, 3.63) is 100.0 Å². The summed E-state index contributed by atoms with van der Waals surface area (Å²) < 4.78 is 5.39. The van der Waals surface area contributed by atoms with Crippen molar-refractivity contribution in [3.8, 4) is 0 Å². The van der Waals surface area contributed by atoms with E-state index in [1.54, 1.807) is 4.90 Å². The number of benzene rings is 3. The van der Waals surface area contributed by atoms with Gasteiger partial charge in [-0.3, -0.25) is 14.5 Å². The Bertz CT molecular complexity index is 1300. The predicted octanol–water partition coefficient (Wildman–Crippen LogP) is 4.74. The van der Waals surface area contributed by atoms with E-state index in [0.29, 0.717) is 23.6 Å². The van der Waals surface area contributed by atoms with Crippen LogP contribution in [-0.2, 0) is 16.1 Å². The van der Waals surface area contributed by atoms with Gasteiger partial charge in [0.15, 0.2) is 0 Å². The Hall–Kier alpha value is -3.39. The third kappa shape index (κ3) is 6.31. The molecular weight excluding hydrogens is 482 g/mol. The number of rotatable bonds is 7. The molecule has 0 atom stereocenters. The Balaban J connectivity index is 1.40. The van der Waals surface area contributed by atoms with E-state index < -0.39 is 0 Å². The van der Waals surface area contributed by atoms with Gasteiger partial charge >= 0.3 is 0 Å². The fraction of sp³-hybridized carbons (Fsp3) is 0.267. The predicted molar refractivity (Wildman–Crippen MR) is 149 cm³/mol. The Morgan fingerprint density at radius 2 is 1.84 bits per heavy atom. The zero-order valence-electron chi connectivity index (χ0n) is 21.0. The Labute approximate surface area is 222 Å². The fourth-order valence-corrected chi connectivity index (χ4v) is 5.60. The molecule has 1 fully saturated rings. The minimum atomic E-state index is -0.130. The van der Waals surface area contributed by atoms with Crippen molar-refractivity contribution in [2.75, 3.05) is 44.3 Å². The SMILES string of the molecule is Cc1cccc(CN2C(=O)C(=Cc3ccccc3)Sc3ccc(C(=O)NCCN4CCOCC4)cc32)c1. The Morgan fingerprint density at radius 1 is 1.03 bits per heavy atom. The normalized spacial score (nSPS) is 17.1. The average molecular weight is 514 g/mol. The van der Waals surface area contributed by atoms with E-state index in [1.165, 1.54) is 11.8 Å². The van der Waals surface area contributed by atoms with Crippen molar-refractivity contribution in [2.45, 2.75) is 18.4 Å². The van der Waals surface area contributed by atoms with Gasteiger partial charge < -0.3 is 15.0 Å². The highest BCUT2D eigenvalue weighted by Crippen LogP contribution is 2.43. The van der Waals surface area contributed by atoms with E-state index in [4.69, 9.17) is 4.74 Å². The van der Waals surface area contributed by atoms with Gasteiger partial charge in [0, 0.05) is 36.6 Å². The largest absolute Gasteiger partial charge is 0.379 e. The van der Waals surface area contributed by atoms with Crippen LogP contribution < -0.4 is 10.2 Å². The Kier molecular flexibility index (Phi) is 8.04. The van der Waals surface area contributed by atoms with Gasteiger partial charge in [-0.1, -0.05) is 71.9 Å². The number of nitrogens with zero attached hydrogens (tertiary/aromatic N) is 2. The van der Waals surface area contributed by atoms with Crippen molar-refractivity contribution in [1.82, 2.24) is 10.2 Å². The van der Waals surface area contributed by atoms with Crippen molar-refractivity contribution in [3.63, 3.8) is 0 Å². The van der Waals surface area contributed by atoms with Crippen molar-refractivity contribution >= 4 is 35.3 Å². The lowest BCUT2D eigenvalue weighted by Gasteiger charge is -2.31. The molecule has 3 aromatic carbocycles. The first-order valence-corrected chi connectivity index (χ1v) is 13.4. The summed E-state index contributed by atoms with van der Waals surface area (Å²) >= 11 is 1.45. The third-order valence-corrected chi connectivity index (χ3v) is 7.60. The molecule has 0 saturated carbocycles. The molecule has 37 heavy (non-hydrogen) atoms. The number of nitrogens with one attached hydrogen (secondary N) is 1. The topological polar surface area (TPSA) is 61.9 Å². The summed E-state index contributed by atoms with van der Waals surface area (Å²) in [5.74, 6) is -0.192.